The minimum atomic E-state index is -0.178. The molecule has 6 heterocycles. The number of likely N-dealkylation sites (N-methyl/N-ethyl adjacent to an activating group) is 2. The van der Waals surface area contributed by atoms with Gasteiger partial charge >= 0.3 is 0 Å². The summed E-state index contributed by atoms with van der Waals surface area (Å²) in [6.45, 7) is 56.4. The van der Waals surface area contributed by atoms with Crippen molar-refractivity contribution in [3.8, 4) is 0 Å². The molecule has 5 amide bonds. The van der Waals surface area contributed by atoms with Crippen molar-refractivity contribution in [3.63, 3.8) is 0 Å². The summed E-state index contributed by atoms with van der Waals surface area (Å²) >= 11 is 0. The van der Waals surface area contributed by atoms with Gasteiger partial charge in [0.15, 0.2) is 0 Å². The molecule has 0 aliphatic carbocycles. The monoisotopic (exact) mass is 1090 g/mol. The molecular weight excluding hydrogens is 969 g/mol. The first-order valence-corrected chi connectivity index (χ1v) is 29.5. The van der Waals surface area contributed by atoms with E-state index in [0.717, 1.165) is 103 Å². The van der Waals surface area contributed by atoms with Crippen LogP contribution in [0.2, 0.25) is 0 Å². The van der Waals surface area contributed by atoms with Crippen LogP contribution in [-0.4, -0.2) is 225 Å². The van der Waals surface area contributed by atoms with Gasteiger partial charge in [-0.3, -0.25) is 53.4 Å². The lowest BCUT2D eigenvalue weighted by atomic mass is 10.0. The number of amides is 5. The van der Waals surface area contributed by atoms with Crippen LogP contribution in [0.4, 0.5) is 0 Å². The Morgan fingerprint density at radius 1 is 0.468 bits per heavy atom. The maximum absolute atomic E-state index is 11.2. The van der Waals surface area contributed by atoms with Gasteiger partial charge < -0.3 is 31.9 Å². The Labute approximate surface area is 472 Å². The van der Waals surface area contributed by atoms with E-state index < -0.39 is 0 Å². The number of carbonyl (C=O) groups excluding carboxylic acids is 5. The minimum absolute atomic E-state index is 0.0370. The second-order valence-corrected chi connectivity index (χ2v) is 29.0. The van der Waals surface area contributed by atoms with E-state index in [1.54, 1.807) is 13.8 Å². The van der Waals surface area contributed by atoms with Gasteiger partial charge in [-0.05, 0) is 197 Å². The summed E-state index contributed by atoms with van der Waals surface area (Å²) in [7, 11) is 6.26. The molecule has 6 aliphatic rings. The number of nitrogens with one attached hydrogen (secondary N) is 2. The number of rotatable bonds is 7. The summed E-state index contributed by atoms with van der Waals surface area (Å²) in [6.07, 6.45) is 8.12. The van der Waals surface area contributed by atoms with E-state index in [1.807, 2.05) is 18.9 Å². The second-order valence-electron chi connectivity index (χ2n) is 29.0. The average molecular weight is 1090 g/mol. The zero-order chi connectivity index (χ0) is 59.8. The summed E-state index contributed by atoms with van der Waals surface area (Å²) in [5.41, 5.74) is 11.8. The van der Waals surface area contributed by atoms with Crippen molar-refractivity contribution in [2.75, 3.05) is 93.1 Å². The molecule has 0 radical (unpaired) electrons. The lowest BCUT2D eigenvalue weighted by Crippen LogP contribution is -2.49. The molecule has 0 aromatic rings. The van der Waals surface area contributed by atoms with Crippen LogP contribution in [0, 0.1) is 5.92 Å². The third-order valence-electron chi connectivity index (χ3n) is 16.3. The molecule has 17 nitrogen and oxygen atoms in total. The maximum atomic E-state index is 11.2. The van der Waals surface area contributed by atoms with Crippen LogP contribution in [0.5, 0.6) is 0 Å². The lowest BCUT2D eigenvalue weighted by Gasteiger charge is -2.35. The number of likely N-dealkylation sites (tertiary alicyclic amines) is 6. The zero-order valence-corrected chi connectivity index (χ0v) is 54.2. The van der Waals surface area contributed by atoms with Gasteiger partial charge in [-0.15, -0.1) is 0 Å². The van der Waals surface area contributed by atoms with Crippen LogP contribution >= 0.6 is 0 Å². The topological polar surface area (TPSA) is 187 Å². The zero-order valence-electron chi connectivity index (χ0n) is 54.2. The molecule has 6 aliphatic heterocycles. The quantitative estimate of drug-likeness (QED) is 0.218. The van der Waals surface area contributed by atoms with Crippen molar-refractivity contribution in [2.24, 2.45) is 17.4 Å². The fourth-order valence-corrected chi connectivity index (χ4v) is 10.8. The summed E-state index contributed by atoms with van der Waals surface area (Å²) < 4.78 is 0. The highest BCUT2D eigenvalue weighted by molar-refractivity contribution is 5.80. The number of nitrogens with zero attached hydrogens (tertiary/aromatic N) is 8. The van der Waals surface area contributed by atoms with E-state index in [-0.39, 0.29) is 69.2 Å². The van der Waals surface area contributed by atoms with Gasteiger partial charge in [0.25, 0.3) is 0 Å². The van der Waals surface area contributed by atoms with Crippen LogP contribution in [0.15, 0.2) is 0 Å². The smallest absolute Gasteiger partial charge is 0.234 e. The number of primary amides is 2. The Morgan fingerprint density at radius 2 is 0.844 bits per heavy atom. The fraction of sp³-hybridized carbons (Fsp3) is 0.917. The maximum Gasteiger partial charge on any atom is 0.234 e. The fourth-order valence-electron chi connectivity index (χ4n) is 10.8. The standard InChI is InChI=1S/2C11H22N2O.C10H20N2O.C10H22N2.2C9H18N2O/c1-9(14)12(5)10-6-7-13(8-10)11(2,3)4;1-5-10(14)12-9-6-7-13(8-9)11(2,3)4;1-8(13)11-9-5-6-12(7-9)10(2,3)4;1-10(2,3)12-7-6-9(8-12)11(4)5;1-9(2,3)11-5-4-7(6-11)8(10)12;1-9(2,3)11-6-4-5-7(11)8(10)12/h10H,6-8H2,1-5H3;9H,5-8H2,1-4H3,(H,12,14);9H,5-7H2,1-4H3,(H,11,13);9H,6-8H2,1-5H3;2*7H,4-6H2,1-3H3,(H2,10,12). The van der Waals surface area contributed by atoms with E-state index in [2.05, 4.69) is 184 Å². The van der Waals surface area contributed by atoms with E-state index in [9.17, 15) is 24.0 Å². The minimum Gasteiger partial charge on any atom is -0.369 e. The van der Waals surface area contributed by atoms with Crippen molar-refractivity contribution < 1.29 is 24.0 Å². The molecule has 0 aromatic carbocycles. The first-order chi connectivity index (χ1) is 34.9. The lowest BCUT2D eigenvalue weighted by molar-refractivity contribution is -0.129. The third kappa shape index (κ3) is 26.5. The van der Waals surface area contributed by atoms with Crippen LogP contribution in [0.3, 0.4) is 0 Å². The van der Waals surface area contributed by atoms with Crippen LogP contribution < -0.4 is 22.1 Å². The summed E-state index contributed by atoms with van der Waals surface area (Å²) in [6, 6.07) is 1.86. The summed E-state index contributed by atoms with van der Waals surface area (Å²) in [5, 5.41) is 6.01. The Hall–Kier alpha value is -2.93. The summed E-state index contributed by atoms with van der Waals surface area (Å²) in [4.78, 5) is 73.7. The Balaban J connectivity index is 0.000000463. The number of hydrogen-bond acceptors (Lipinski definition) is 12. The van der Waals surface area contributed by atoms with Crippen molar-refractivity contribution in [3.05, 3.63) is 0 Å². The highest BCUT2D eigenvalue weighted by atomic mass is 16.2. The van der Waals surface area contributed by atoms with Gasteiger partial charge in [0.2, 0.25) is 29.5 Å². The summed E-state index contributed by atoms with van der Waals surface area (Å²) in [5.74, 6) is 0.172. The molecule has 6 rings (SSSR count). The van der Waals surface area contributed by atoms with Crippen molar-refractivity contribution in [2.45, 2.75) is 260 Å². The van der Waals surface area contributed by atoms with Gasteiger partial charge in [-0.25, -0.2) is 0 Å². The number of carbonyl (C=O) groups is 5. The molecule has 6 unspecified atom stereocenters. The van der Waals surface area contributed by atoms with E-state index in [4.69, 9.17) is 11.5 Å². The Morgan fingerprint density at radius 3 is 1.13 bits per heavy atom. The van der Waals surface area contributed by atoms with Gasteiger partial charge in [0.1, 0.15) is 0 Å². The molecule has 77 heavy (non-hydrogen) atoms. The molecular formula is C60H122N12O5. The average Bonchev–Trinajstić information content (AvgIpc) is 4.12. The van der Waals surface area contributed by atoms with Gasteiger partial charge in [0.05, 0.1) is 12.0 Å². The van der Waals surface area contributed by atoms with Crippen molar-refractivity contribution in [1.29, 1.82) is 0 Å². The first-order valence-electron chi connectivity index (χ1n) is 29.5. The van der Waals surface area contributed by atoms with Crippen molar-refractivity contribution in [1.82, 2.24) is 49.8 Å². The van der Waals surface area contributed by atoms with Crippen LogP contribution in [-0.2, 0) is 24.0 Å². The Bertz CT molecular complexity index is 1800. The van der Waals surface area contributed by atoms with E-state index >= 15 is 0 Å². The first kappa shape index (κ1) is 72.1. The SMILES string of the molecule is CC(=O)N(C)C1CCN(C(C)(C)C)C1.CC(=O)NC1CCN(C(C)(C)C)C1.CC(C)(C)N1CCC(C(N)=O)C1.CC(C)(C)N1CCCC1C(N)=O.CCC(=O)NC1CCN(C(C)(C)C)C1.CN(C)C1CCN(C(C)(C)C)C1. The van der Waals surface area contributed by atoms with Gasteiger partial charge in [-0.2, -0.15) is 0 Å². The van der Waals surface area contributed by atoms with Crippen molar-refractivity contribution >= 4 is 29.5 Å². The molecule has 0 saturated carbocycles. The van der Waals surface area contributed by atoms with Gasteiger partial charge in [0, 0.05) is 144 Å². The predicted octanol–water partition coefficient (Wildman–Crippen LogP) is 6.47. The predicted molar refractivity (Wildman–Crippen MR) is 321 cm³/mol. The highest BCUT2D eigenvalue weighted by Crippen LogP contribution is 2.28. The normalized spacial score (nSPS) is 25.2. The van der Waals surface area contributed by atoms with Crippen LogP contribution in [0.1, 0.15) is 197 Å². The second kappa shape index (κ2) is 30.8. The molecule has 0 spiro atoms. The van der Waals surface area contributed by atoms with Crippen LogP contribution in [0.25, 0.3) is 0 Å². The van der Waals surface area contributed by atoms with Gasteiger partial charge in [-0.1, -0.05) is 6.92 Å². The third-order valence-corrected chi connectivity index (χ3v) is 16.3. The largest absolute Gasteiger partial charge is 0.369 e. The molecule has 0 aromatic heterocycles. The molecule has 6 N–H and O–H groups in total. The molecule has 6 fully saturated rings. The van der Waals surface area contributed by atoms with E-state index in [0.29, 0.717) is 30.1 Å². The molecule has 17 heteroatoms. The number of hydrogen-bond donors (Lipinski definition) is 4. The molecule has 6 saturated heterocycles. The number of nitrogens with two attached hydrogens (primary N) is 2. The molecule has 0 bridgehead atoms. The van der Waals surface area contributed by atoms with E-state index in [1.165, 1.54) is 19.5 Å². The molecule has 6 atom stereocenters. The Kier molecular flexibility index (Phi) is 28.8. The highest BCUT2D eigenvalue weighted by Gasteiger charge is 2.37. The molecule has 452 valence electrons.